The summed E-state index contributed by atoms with van der Waals surface area (Å²) in [5.74, 6) is 3.19. The van der Waals surface area contributed by atoms with E-state index in [0.717, 1.165) is 19.0 Å². The van der Waals surface area contributed by atoms with Crippen LogP contribution in [0.15, 0.2) is 0 Å². The number of likely N-dealkylation sites (tertiary alicyclic amines) is 1. The molecule has 2 fully saturated rings. The zero-order valence-electron chi connectivity index (χ0n) is 14.9. The first-order chi connectivity index (χ1) is 11.1. The van der Waals surface area contributed by atoms with Gasteiger partial charge in [-0.15, -0.1) is 10.2 Å². The van der Waals surface area contributed by atoms with Gasteiger partial charge in [-0.2, -0.15) is 0 Å². The molecular weight excluding hydrogens is 284 g/mol. The summed E-state index contributed by atoms with van der Waals surface area (Å²) in [5.41, 5.74) is 0.561. The van der Waals surface area contributed by atoms with E-state index in [1.165, 1.54) is 76.1 Å². The maximum absolute atomic E-state index is 4.60. The first kappa shape index (κ1) is 15.6. The monoisotopic (exact) mass is 316 g/mol. The Morgan fingerprint density at radius 3 is 2.52 bits per heavy atom. The summed E-state index contributed by atoms with van der Waals surface area (Å²) >= 11 is 0. The fraction of sp³-hybridized carbons (Fsp3) is 0.895. The zero-order valence-corrected chi connectivity index (χ0v) is 14.9. The molecule has 2 aliphatic heterocycles. The molecule has 3 heterocycles. The molecule has 3 aliphatic rings. The van der Waals surface area contributed by atoms with Crippen molar-refractivity contribution >= 4 is 0 Å². The molecule has 0 spiro atoms. The van der Waals surface area contributed by atoms with Crippen LogP contribution in [0.4, 0.5) is 0 Å². The highest BCUT2D eigenvalue weighted by molar-refractivity contribution is 5.05. The van der Waals surface area contributed by atoms with Crippen molar-refractivity contribution < 1.29 is 0 Å². The summed E-state index contributed by atoms with van der Waals surface area (Å²) in [6.07, 6.45) is 11.8. The number of hydrogen-bond acceptors (Lipinski definition) is 3. The molecule has 23 heavy (non-hydrogen) atoms. The van der Waals surface area contributed by atoms with Gasteiger partial charge in [0.1, 0.15) is 11.6 Å². The molecule has 1 atom stereocenters. The van der Waals surface area contributed by atoms with Gasteiger partial charge in [0.15, 0.2) is 0 Å². The minimum atomic E-state index is 0.561. The van der Waals surface area contributed by atoms with Gasteiger partial charge in [0.05, 0.1) is 0 Å². The summed E-state index contributed by atoms with van der Waals surface area (Å²) in [6.45, 7) is 8.53. The second-order valence-electron chi connectivity index (χ2n) is 8.81. The molecule has 4 nitrogen and oxygen atoms in total. The third-order valence-electron chi connectivity index (χ3n) is 6.49. The fourth-order valence-electron chi connectivity index (χ4n) is 5.04. The van der Waals surface area contributed by atoms with Gasteiger partial charge in [-0.3, -0.25) is 0 Å². The Hall–Kier alpha value is -0.900. The topological polar surface area (TPSA) is 34.0 Å². The van der Waals surface area contributed by atoms with Crippen LogP contribution in [-0.4, -0.2) is 38.8 Å². The van der Waals surface area contributed by atoms with E-state index >= 15 is 0 Å². The van der Waals surface area contributed by atoms with Crippen LogP contribution < -0.4 is 0 Å². The minimum absolute atomic E-state index is 0.561. The molecule has 0 amide bonds. The molecule has 0 N–H and O–H groups in total. The predicted octanol–water partition coefficient (Wildman–Crippen LogP) is 3.76. The Labute approximate surface area is 140 Å². The maximum Gasteiger partial charge on any atom is 0.136 e. The minimum Gasteiger partial charge on any atom is -0.315 e. The molecule has 0 bridgehead atoms. The molecule has 128 valence electrons. The van der Waals surface area contributed by atoms with Crippen molar-refractivity contribution in [3.8, 4) is 0 Å². The summed E-state index contributed by atoms with van der Waals surface area (Å²) in [5, 5.41) is 9.11. The Kier molecular flexibility index (Phi) is 4.21. The van der Waals surface area contributed by atoms with E-state index in [0.29, 0.717) is 11.3 Å². The number of aromatic nitrogens is 3. The summed E-state index contributed by atoms with van der Waals surface area (Å²) in [4.78, 5) is 2.77. The van der Waals surface area contributed by atoms with E-state index in [1.54, 1.807) is 0 Å². The average Bonchev–Trinajstić information content (AvgIpc) is 3.03. The normalized spacial score (nSPS) is 29.4. The number of hydrogen-bond donors (Lipinski definition) is 0. The van der Waals surface area contributed by atoms with Gasteiger partial charge in [-0.05, 0) is 63.5 Å². The second-order valence-corrected chi connectivity index (χ2v) is 8.81. The van der Waals surface area contributed by atoms with Crippen molar-refractivity contribution in [2.45, 2.75) is 90.1 Å². The van der Waals surface area contributed by atoms with E-state index < -0.39 is 0 Å². The van der Waals surface area contributed by atoms with E-state index in [4.69, 9.17) is 0 Å². The highest BCUT2D eigenvalue weighted by Gasteiger charge is 2.36. The smallest absolute Gasteiger partial charge is 0.136 e. The van der Waals surface area contributed by atoms with Crippen molar-refractivity contribution in [1.82, 2.24) is 19.7 Å². The molecule has 4 heteroatoms. The Morgan fingerprint density at radius 1 is 0.957 bits per heavy atom. The van der Waals surface area contributed by atoms with E-state index in [1.807, 2.05) is 0 Å². The van der Waals surface area contributed by atoms with Crippen molar-refractivity contribution in [3.63, 3.8) is 0 Å². The first-order valence-corrected chi connectivity index (χ1v) is 9.78. The van der Waals surface area contributed by atoms with Crippen molar-refractivity contribution in [2.24, 2.45) is 5.41 Å². The number of rotatable bonds is 2. The standard InChI is InChI=1S/C19H32N4/c1-19(2)10-7-16(14-19)22-12-8-15(9-13-22)18-21-20-17-6-4-3-5-11-23(17)18/h15-16H,3-14H2,1-2H3. The van der Waals surface area contributed by atoms with E-state index in [-0.39, 0.29) is 0 Å². The SMILES string of the molecule is CC1(C)CCC(N2CCC(c3nnc4n3CCCCC4)CC2)C1. The average molecular weight is 316 g/mol. The van der Waals surface area contributed by atoms with Crippen molar-refractivity contribution in [2.75, 3.05) is 13.1 Å². The van der Waals surface area contributed by atoms with Gasteiger partial charge in [0.2, 0.25) is 0 Å². The van der Waals surface area contributed by atoms with Gasteiger partial charge in [-0.25, -0.2) is 0 Å². The number of nitrogens with zero attached hydrogens (tertiary/aromatic N) is 4. The quantitative estimate of drug-likeness (QED) is 0.833. The molecule has 1 aliphatic carbocycles. The van der Waals surface area contributed by atoms with Crippen LogP contribution in [0.3, 0.4) is 0 Å². The number of fused-ring (bicyclic) bond motifs is 1. The van der Waals surface area contributed by atoms with E-state index in [9.17, 15) is 0 Å². The first-order valence-electron chi connectivity index (χ1n) is 9.78. The summed E-state index contributed by atoms with van der Waals surface area (Å²) in [7, 11) is 0. The zero-order chi connectivity index (χ0) is 15.9. The number of piperidine rings is 1. The van der Waals surface area contributed by atoms with Crippen molar-refractivity contribution in [3.05, 3.63) is 11.6 Å². The highest BCUT2D eigenvalue weighted by Crippen LogP contribution is 2.41. The van der Waals surface area contributed by atoms with Crippen LogP contribution in [0.1, 0.15) is 82.8 Å². The van der Waals surface area contributed by atoms with Crippen molar-refractivity contribution in [1.29, 1.82) is 0 Å². The molecule has 1 aromatic rings. The lowest BCUT2D eigenvalue weighted by atomic mass is 9.90. The maximum atomic E-state index is 4.60. The second kappa shape index (κ2) is 6.19. The Morgan fingerprint density at radius 2 is 1.78 bits per heavy atom. The van der Waals surface area contributed by atoms with Crippen LogP contribution in [0, 0.1) is 5.41 Å². The largest absolute Gasteiger partial charge is 0.315 e. The lowest BCUT2D eigenvalue weighted by molar-refractivity contribution is 0.143. The Bertz CT molecular complexity index is 540. The molecule has 1 saturated carbocycles. The van der Waals surface area contributed by atoms with E-state index in [2.05, 4.69) is 33.5 Å². The molecule has 4 rings (SSSR count). The molecule has 1 saturated heterocycles. The van der Waals surface area contributed by atoms with Crippen LogP contribution >= 0.6 is 0 Å². The molecule has 1 aromatic heterocycles. The fourth-order valence-corrected chi connectivity index (χ4v) is 5.04. The Balaban J connectivity index is 1.39. The van der Waals surface area contributed by atoms with Gasteiger partial charge in [0, 0.05) is 24.9 Å². The molecule has 0 aromatic carbocycles. The third-order valence-corrected chi connectivity index (χ3v) is 6.49. The van der Waals surface area contributed by atoms with Gasteiger partial charge in [0.25, 0.3) is 0 Å². The van der Waals surface area contributed by atoms with Crippen LogP contribution in [0.25, 0.3) is 0 Å². The van der Waals surface area contributed by atoms with Crippen LogP contribution in [-0.2, 0) is 13.0 Å². The number of aryl methyl sites for hydroxylation is 1. The van der Waals surface area contributed by atoms with Gasteiger partial charge < -0.3 is 9.47 Å². The lowest BCUT2D eigenvalue weighted by Gasteiger charge is -2.36. The van der Waals surface area contributed by atoms with Crippen LogP contribution in [0.5, 0.6) is 0 Å². The highest BCUT2D eigenvalue weighted by atomic mass is 15.3. The van der Waals surface area contributed by atoms with Crippen LogP contribution in [0.2, 0.25) is 0 Å². The summed E-state index contributed by atoms with van der Waals surface area (Å²) in [6, 6.07) is 0.835. The molecular formula is C19H32N4. The van der Waals surface area contributed by atoms with Gasteiger partial charge in [-0.1, -0.05) is 20.3 Å². The third kappa shape index (κ3) is 3.19. The molecule has 0 radical (unpaired) electrons. The lowest BCUT2D eigenvalue weighted by Crippen LogP contribution is -2.40. The van der Waals surface area contributed by atoms with Gasteiger partial charge >= 0.3 is 0 Å². The predicted molar refractivity (Wildman–Crippen MR) is 92.5 cm³/mol. The summed E-state index contributed by atoms with van der Waals surface area (Å²) < 4.78 is 2.46. The molecule has 1 unspecified atom stereocenters.